The number of rotatable bonds is 6. The molecule has 29 heavy (non-hydrogen) atoms. The van der Waals surface area contributed by atoms with Crippen molar-refractivity contribution >= 4 is 26.7 Å². The van der Waals surface area contributed by atoms with E-state index >= 15 is 0 Å². The number of sulfone groups is 1. The lowest BCUT2D eigenvalue weighted by Crippen LogP contribution is -2.18. The molecule has 3 aromatic rings. The molecular formula is C21H22FNO5S. The molecule has 0 aliphatic heterocycles. The zero-order valence-electron chi connectivity index (χ0n) is 16.6. The summed E-state index contributed by atoms with van der Waals surface area (Å²) in [6.07, 6.45) is 0.941. The number of halogens is 1. The Morgan fingerprint density at radius 2 is 1.86 bits per heavy atom. The Bertz CT molecular complexity index is 1160. The van der Waals surface area contributed by atoms with Gasteiger partial charge in [0.2, 0.25) is 0 Å². The standard InChI is InChI=1S/C21H22FNO5S/c1-12(2)27-17-10-16-18(9-14(17)11-29(4,25)26)28-20(19(16)21(24)23-3)13-5-7-15(22)8-6-13/h5-10,12H,11H2,1-4H3,(H,23,24). The summed E-state index contributed by atoms with van der Waals surface area (Å²) >= 11 is 0. The SMILES string of the molecule is CNC(=O)c1c(-c2ccc(F)cc2)oc2cc(CS(C)(=O)=O)c(OC(C)C)cc12. The van der Waals surface area contributed by atoms with Crippen LogP contribution in [0.25, 0.3) is 22.3 Å². The van der Waals surface area contributed by atoms with Crippen LogP contribution in [0.1, 0.15) is 29.8 Å². The molecule has 0 aliphatic carbocycles. The minimum Gasteiger partial charge on any atom is -0.491 e. The first-order valence-electron chi connectivity index (χ1n) is 9.01. The van der Waals surface area contributed by atoms with E-state index in [2.05, 4.69) is 5.32 Å². The highest BCUT2D eigenvalue weighted by Crippen LogP contribution is 2.38. The molecule has 0 spiro atoms. The van der Waals surface area contributed by atoms with Gasteiger partial charge in [0.05, 0.1) is 17.4 Å². The lowest BCUT2D eigenvalue weighted by Gasteiger charge is -2.14. The third-order valence-electron chi connectivity index (χ3n) is 4.21. The molecule has 1 N–H and O–H groups in total. The summed E-state index contributed by atoms with van der Waals surface area (Å²) in [6, 6.07) is 8.78. The van der Waals surface area contributed by atoms with Crippen molar-refractivity contribution in [2.75, 3.05) is 13.3 Å². The molecule has 1 heterocycles. The fourth-order valence-corrected chi connectivity index (χ4v) is 3.87. The number of hydrogen-bond acceptors (Lipinski definition) is 5. The second-order valence-corrected chi connectivity index (χ2v) is 9.23. The maximum absolute atomic E-state index is 13.3. The largest absolute Gasteiger partial charge is 0.491 e. The molecule has 0 saturated carbocycles. The van der Waals surface area contributed by atoms with E-state index in [1.807, 2.05) is 13.8 Å². The second kappa shape index (κ2) is 7.87. The minimum absolute atomic E-state index is 0.197. The average molecular weight is 419 g/mol. The van der Waals surface area contributed by atoms with Gasteiger partial charge in [-0.25, -0.2) is 12.8 Å². The molecule has 0 radical (unpaired) electrons. The third-order valence-corrected chi connectivity index (χ3v) is 5.05. The fraction of sp³-hybridized carbons (Fsp3) is 0.286. The number of furan rings is 1. The van der Waals surface area contributed by atoms with E-state index in [0.29, 0.717) is 27.8 Å². The first kappa shape index (κ1) is 20.9. The van der Waals surface area contributed by atoms with Crippen molar-refractivity contribution in [2.45, 2.75) is 25.7 Å². The Morgan fingerprint density at radius 1 is 1.21 bits per heavy atom. The molecule has 0 atom stereocenters. The van der Waals surface area contributed by atoms with Crippen LogP contribution >= 0.6 is 0 Å². The number of ether oxygens (including phenoxy) is 1. The average Bonchev–Trinajstić information content (AvgIpc) is 2.98. The topological polar surface area (TPSA) is 85.6 Å². The van der Waals surface area contributed by atoms with E-state index < -0.39 is 15.7 Å². The van der Waals surface area contributed by atoms with Crippen molar-refractivity contribution in [3.63, 3.8) is 0 Å². The molecule has 0 saturated heterocycles. The molecular weight excluding hydrogens is 397 g/mol. The monoisotopic (exact) mass is 419 g/mol. The predicted octanol–water partition coefficient (Wildman–Crippen LogP) is 3.93. The van der Waals surface area contributed by atoms with Crippen LogP contribution in [0, 0.1) is 5.82 Å². The van der Waals surface area contributed by atoms with Crippen LogP contribution in [0.2, 0.25) is 0 Å². The molecule has 1 aromatic heterocycles. The smallest absolute Gasteiger partial charge is 0.255 e. The lowest BCUT2D eigenvalue weighted by molar-refractivity contribution is 0.0964. The van der Waals surface area contributed by atoms with Crippen molar-refractivity contribution in [1.82, 2.24) is 5.32 Å². The van der Waals surface area contributed by atoms with Gasteiger partial charge >= 0.3 is 0 Å². The van der Waals surface area contributed by atoms with Crippen LogP contribution in [0.4, 0.5) is 4.39 Å². The molecule has 0 bridgehead atoms. The normalized spacial score (nSPS) is 11.8. The molecule has 6 nitrogen and oxygen atoms in total. The van der Waals surface area contributed by atoms with Gasteiger partial charge in [0.1, 0.15) is 22.9 Å². The fourth-order valence-electron chi connectivity index (χ4n) is 3.08. The van der Waals surface area contributed by atoms with Crippen LogP contribution < -0.4 is 10.1 Å². The second-order valence-electron chi connectivity index (χ2n) is 7.08. The molecule has 0 aliphatic rings. The number of hydrogen-bond donors (Lipinski definition) is 1. The van der Waals surface area contributed by atoms with Crippen LogP contribution in [-0.4, -0.2) is 33.7 Å². The van der Waals surface area contributed by atoms with Gasteiger partial charge in [-0.05, 0) is 50.2 Å². The first-order chi connectivity index (χ1) is 13.6. The summed E-state index contributed by atoms with van der Waals surface area (Å²) in [5, 5.41) is 3.07. The summed E-state index contributed by atoms with van der Waals surface area (Å²) in [6.45, 7) is 3.65. The summed E-state index contributed by atoms with van der Waals surface area (Å²) in [5.41, 5.74) is 1.58. The highest BCUT2D eigenvalue weighted by Gasteiger charge is 2.24. The van der Waals surface area contributed by atoms with E-state index in [1.54, 1.807) is 12.1 Å². The number of carbonyl (C=O) groups excluding carboxylic acids is 1. The summed E-state index contributed by atoms with van der Waals surface area (Å²) in [7, 11) is -1.83. The molecule has 154 valence electrons. The van der Waals surface area contributed by atoms with E-state index in [9.17, 15) is 17.6 Å². The van der Waals surface area contributed by atoms with Crippen LogP contribution in [0.5, 0.6) is 5.75 Å². The molecule has 0 unspecified atom stereocenters. The maximum atomic E-state index is 13.3. The molecule has 3 rings (SSSR count). The molecule has 0 fully saturated rings. The van der Waals surface area contributed by atoms with Crippen molar-refractivity contribution in [3.8, 4) is 17.1 Å². The lowest BCUT2D eigenvalue weighted by atomic mass is 10.0. The Labute approximate surface area is 168 Å². The zero-order chi connectivity index (χ0) is 21.3. The van der Waals surface area contributed by atoms with Crippen molar-refractivity contribution < 1.29 is 26.8 Å². The Kier molecular flexibility index (Phi) is 5.66. The highest BCUT2D eigenvalue weighted by atomic mass is 32.2. The van der Waals surface area contributed by atoms with E-state index in [0.717, 1.165) is 6.26 Å². The zero-order valence-corrected chi connectivity index (χ0v) is 17.4. The predicted molar refractivity (Wildman–Crippen MR) is 109 cm³/mol. The van der Waals surface area contributed by atoms with Crippen LogP contribution in [-0.2, 0) is 15.6 Å². The minimum atomic E-state index is -3.33. The maximum Gasteiger partial charge on any atom is 0.255 e. The summed E-state index contributed by atoms with van der Waals surface area (Å²) in [4.78, 5) is 12.6. The quantitative estimate of drug-likeness (QED) is 0.654. The van der Waals surface area contributed by atoms with Gasteiger partial charge in [0.25, 0.3) is 5.91 Å². The number of nitrogens with one attached hydrogen (secondary N) is 1. The number of benzene rings is 2. The van der Waals surface area contributed by atoms with E-state index in [4.69, 9.17) is 9.15 Å². The summed E-state index contributed by atoms with van der Waals surface area (Å²) < 4.78 is 48.8. The van der Waals surface area contributed by atoms with Crippen LogP contribution in [0.3, 0.4) is 0 Å². The Balaban J connectivity index is 2.30. The number of carbonyl (C=O) groups is 1. The van der Waals surface area contributed by atoms with Crippen molar-refractivity contribution in [2.24, 2.45) is 0 Å². The third kappa shape index (κ3) is 4.59. The van der Waals surface area contributed by atoms with E-state index in [-0.39, 0.29) is 29.1 Å². The van der Waals surface area contributed by atoms with Gasteiger partial charge in [0, 0.05) is 29.8 Å². The van der Waals surface area contributed by atoms with Gasteiger partial charge in [-0.15, -0.1) is 0 Å². The van der Waals surface area contributed by atoms with Gasteiger partial charge in [0.15, 0.2) is 9.84 Å². The molecule has 8 heteroatoms. The molecule has 2 aromatic carbocycles. The number of amides is 1. The number of fused-ring (bicyclic) bond motifs is 1. The van der Waals surface area contributed by atoms with Gasteiger partial charge in [-0.2, -0.15) is 0 Å². The van der Waals surface area contributed by atoms with E-state index in [1.165, 1.54) is 31.3 Å². The van der Waals surface area contributed by atoms with Crippen LogP contribution in [0.15, 0.2) is 40.8 Å². The molecule has 1 amide bonds. The van der Waals surface area contributed by atoms with Gasteiger partial charge < -0.3 is 14.5 Å². The summed E-state index contributed by atoms with van der Waals surface area (Å²) in [5.74, 6) is -0.378. The highest BCUT2D eigenvalue weighted by molar-refractivity contribution is 7.89. The Hall–Kier alpha value is -2.87. The Morgan fingerprint density at radius 3 is 2.41 bits per heavy atom. The van der Waals surface area contributed by atoms with Gasteiger partial charge in [-0.3, -0.25) is 4.79 Å². The van der Waals surface area contributed by atoms with Crippen molar-refractivity contribution in [3.05, 3.63) is 53.3 Å². The van der Waals surface area contributed by atoms with Gasteiger partial charge in [-0.1, -0.05) is 0 Å². The first-order valence-corrected chi connectivity index (χ1v) is 11.1. The van der Waals surface area contributed by atoms with Crippen molar-refractivity contribution in [1.29, 1.82) is 0 Å².